The molecule has 46 heavy (non-hydrogen) atoms. The Morgan fingerprint density at radius 3 is 1.52 bits per heavy atom. The fourth-order valence-corrected chi connectivity index (χ4v) is 6.14. The zero-order valence-electron chi connectivity index (χ0n) is 26.4. The standard InChI is InChI=1S/C40H40N2O3S/c1-3-42(4-2)38-24-22-37(23-25-38)40(35-14-9-6-10-15-35)39(34-12-7-5-8-13-34)36-20-18-32(19-21-36)16-17-33-26-29-41(30-27-33)28-11-31-46(43,44)45/h5-10,12-27,29-30H,3-4,11,28,31H2,1-2H3. The second kappa shape index (κ2) is 15.5. The van der Waals surface area contributed by atoms with Crippen LogP contribution in [0.5, 0.6) is 0 Å². The molecular weight excluding hydrogens is 589 g/mol. The molecule has 1 heterocycles. The topological polar surface area (TPSA) is 64.3 Å². The van der Waals surface area contributed by atoms with Crippen LogP contribution >= 0.6 is 0 Å². The second-order valence-corrected chi connectivity index (χ2v) is 12.7. The van der Waals surface area contributed by atoms with Crippen LogP contribution in [-0.4, -0.2) is 31.8 Å². The van der Waals surface area contributed by atoms with Crippen LogP contribution in [0, 0.1) is 0 Å². The highest BCUT2D eigenvalue weighted by molar-refractivity contribution is 7.85. The molecule has 5 aromatic rings. The van der Waals surface area contributed by atoms with E-state index in [1.165, 1.54) is 22.4 Å². The van der Waals surface area contributed by atoms with Crippen molar-refractivity contribution in [1.82, 2.24) is 0 Å². The smallest absolute Gasteiger partial charge is 0.169 e. The molecule has 0 radical (unpaired) electrons. The van der Waals surface area contributed by atoms with E-state index in [1.807, 2.05) is 29.1 Å². The third-order valence-electron chi connectivity index (χ3n) is 8.05. The first-order valence-corrected chi connectivity index (χ1v) is 17.3. The molecule has 0 saturated heterocycles. The molecule has 0 N–H and O–H groups in total. The average Bonchev–Trinajstić information content (AvgIpc) is 3.08. The van der Waals surface area contributed by atoms with Crippen molar-refractivity contribution in [3.8, 4) is 0 Å². The summed E-state index contributed by atoms with van der Waals surface area (Å²) < 4.78 is 34.5. The number of nitrogens with zero attached hydrogens (tertiary/aromatic N) is 2. The summed E-state index contributed by atoms with van der Waals surface area (Å²) in [7, 11) is -4.18. The van der Waals surface area contributed by atoms with Gasteiger partial charge in [-0.15, -0.1) is 0 Å². The van der Waals surface area contributed by atoms with Crippen molar-refractivity contribution >= 4 is 39.1 Å². The number of rotatable bonds is 13. The number of aromatic nitrogens is 1. The first-order valence-electron chi connectivity index (χ1n) is 15.8. The molecule has 0 fully saturated rings. The largest absolute Gasteiger partial charge is 0.748 e. The van der Waals surface area contributed by atoms with Gasteiger partial charge in [0.05, 0.1) is 10.1 Å². The Hall–Kier alpha value is -4.78. The van der Waals surface area contributed by atoms with Crippen molar-refractivity contribution in [1.29, 1.82) is 0 Å². The third kappa shape index (κ3) is 8.68. The Labute approximate surface area is 273 Å². The average molecular weight is 629 g/mol. The van der Waals surface area contributed by atoms with E-state index in [0.29, 0.717) is 13.0 Å². The van der Waals surface area contributed by atoms with Crippen LogP contribution in [0.15, 0.2) is 134 Å². The predicted octanol–water partition coefficient (Wildman–Crippen LogP) is 7.93. The Balaban J connectivity index is 1.48. The van der Waals surface area contributed by atoms with Gasteiger partial charge >= 0.3 is 0 Å². The maximum absolute atomic E-state index is 10.9. The fourth-order valence-electron chi connectivity index (χ4n) is 5.65. The number of hydrogen-bond acceptors (Lipinski definition) is 4. The zero-order chi connectivity index (χ0) is 32.4. The Bertz CT molecular complexity index is 1860. The normalized spacial score (nSPS) is 12.2. The monoisotopic (exact) mass is 628 g/mol. The molecule has 0 saturated carbocycles. The van der Waals surface area contributed by atoms with Gasteiger partial charge in [-0.25, -0.2) is 13.0 Å². The highest BCUT2D eigenvalue weighted by atomic mass is 32.2. The van der Waals surface area contributed by atoms with Gasteiger partial charge in [-0.3, -0.25) is 0 Å². The first kappa shape index (κ1) is 32.6. The number of benzene rings is 4. The van der Waals surface area contributed by atoms with Crippen LogP contribution in [0.3, 0.4) is 0 Å². The molecule has 0 aliphatic rings. The molecule has 0 aliphatic heterocycles. The van der Waals surface area contributed by atoms with Gasteiger partial charge in [-0.2, -0.15) is 0 Å². The summed E-state index contributed by atoms with van der Waals surface area (Å²) in [5.41, 5.74) is 10.3. The lowest BCUT2D eigenvalue weighted by Gasteiger charge is -2.22. The molecule has 0 unspecified atom stereocenters. The van der Waals surface area contributed by atoms with E-state index in [9.17, 15) is 13.0 Å². The van der Waals surface area contributed by atoms with Gasteiger partial charge in [0.2, 0.25) is 0 Å². The van der Waals surface area contributed by atoms with E-state index in [0.717, 1.165) is 40.9 Å². The molecule has 6 heteroatoms. The highest BCUT2D eigenvalue weighted by Gasteiger charge is 2.16. The maximum Gasteiger partial charge on any atom is 0.169 e. The van der Waals surface area contributed by atoms with Crippen molar-refractivity contribution < 1.29 is 17.5 Å². The van der Waals surface area contributed by atoms with E-state index in [4.69, 9.17) is 0 Å². The fraction of sp³-hybridized carbons (Fsp3) is 0.175. The van der Waals surface area contributed by atoms with Crippen molar-refractivity contribution in [2.75, 3.05) is 23.7 Å². The molecule has 0 amide bonds. The summed E-state index contributed by atoms with van der Waals surface area (Å²) in [6.45, 7) is 6.79. The van der Waals surface area contributed by atoms with Crippen molar-refractivity contribution in [2.45, 2.75) is 26.8 Å². The van der Waals surface area contributed by atoms with Gasteiger partial charge in [0.25, 0.3) is 0 Å². The SMILES string of the molecule is CCN(CC)c1ccc(/C(=C(\c2ccccc2)c2ccc(/C=C/c3cc[n+](CCCS(=O)(=O)[O-])cc3)cc2)c2ccccc2)cc1. The molecule has 4 aromatic carbocycles. The van der Waals surface area contributed by atoms with E-state index in [-0.39, 0.29) is 5.75 Å². The van der Waals surface area contributed by atoms with E-state index in [2.05, 4.69) is 140 Å². The lowest BCUT2D eigenvalue weighted by Crippen LogP contribution is -2.33. The number of pyridine rings is 1. The molecule has 0 bridgehead atoms. The molecule has 0 atom stereocenters. The molecule has 0 spiro atoms. The number of hydrogen-bond donors (Lipinski definition) is 0. The van der Waals surface area contributed by atoms with Gasteiger partial charge in [-0.1, -0.05) is 109 Å². The summed E-state index contributed by atoms with van der Waals surface area (Å²) in [6.07, 6.45) is 8.24. The van der Waals surface area contributed by atoms with Crippen LogP contribution < -0.4 is 9.47 Å². The molecular formula is C40H40N2O3S. The molecule has 5 nitrogen and oxygen atoms in total. The van der Waals surface area contributed by atoms with E-state index < -0.39 is 10.1 Å². The van der Waals surface area contributed by atoms with Crippen LogP contribution in [0.1, 0.15) is 53.6 Å². The summed E-state index contributed by atoms with van der Waals surface area (Å²) >= 11 is 0. The van der Waals surface area contributed by atoms with Gasteiger partial charge in [0, 0.05) is 43.1 Å². The Morgan fingerprint density at radius 2 is 1.07 bits per heavy atom. The minimum absolute atomic E-state index is 0.297. The lowest BCUT2D eigenvalue weighted by atomic mass is 9.85. The minimum atomic E-state index is -4.18. The van der Waals surface area contributed by atoms with Crippen LogP contribution in [0.2, 0.25) is 0 Å². The highest BCUT2D eigenvalue weighted by Crippen LogP contribution is 2.37. The molecule has 1 aromatic heterocycles. The molecule has 5 rings (SSSR count). The zero-order valence-corrected chi connectivity index (χ0v) is 27.2. The maximum atomic E-state index is 10.9. The van der Waals surface area contributed by atoms with Gasteiger partial charge in [-0.05, 0) is 70.5 Å². The van der Waals surface area contributed by atoms with Crippen LogP contribution in [0.25, 0.3) is 23.3 Å². The van der Waals surface area contributed by atoms with Crippen molar-refractivity contribution in [2.24, 2.45) is 0 Å². The summed E-state index contributed by atoms with van der Waals surface area (Å²) in [4.78, 5) is 2.36. The van der Waals surface area contributed by atoms with Crippen molar-refractivity contribution in [3.63, 3.8) is 0 Å². The van der Waals surface area contributed by atoms with Gasteiger partial charge < -0.3 is 9.45 Å². The number of aryl methyl sites for hydroxylation is 1. The van der Waals surface area contributed by atoms with Gasteiger partial charge in [0.1, 0.15) is 6.54 Å². The predicted molar refractivity (Wildman–Crippen MR) is 189 cm³/mol. The summed E-state index contributed by atoms with van der Waals surface area (Å²) in [5, 5.41) is 0. The molecule has 234 valence electrons. The minimum Gasteiger partial charge on any atom is -0.748 e. The third-order valence-corrected chi connectivity index (χ3v) is 8.84. The quantitative estimate of drug-likeness (QED) is 0.0755. The van der Waals surface area contributed by atoms with Crippen LogP contribution in [-0.2, 0) is 16.7 Å². The van der Waals surface area contributed by atoms with E-state index in [1.54, 1.807) is 0 Å². The first-order chi connectivity index (χ1) is 22.3. The van der Waals surface area contributed by atoms with Gasteiger partial charge in [0.15, 0.2) is 12.4 Å². The van der Waals surface area contributed by atoms with Crippen molar-refractivity contribution in [3.05, 3.63) is 167 Å². The second-order valence-electron chi connectivity index (χ2n) is 11.1. The number of anilines is 1. The molecule has 0 aliphatic carbocycles. The summed E-state index contributed by atoms with van der Waals surface area (Å²) in [5.74, 6) is -0.353. The summed E-state index contributed by atoms with van der Waals surface area (Å²) in [6, 6.07) is 42.8. The Kier molecular flexibility index (Phi) is 11.0. The lowest BCUT2D eigenvalue weighted by molar-refractivity contribution is -0.696. The van der Waals surface area contributed by atoms with Crippen LogP contribution in [0.4, 0.5) is 5.69 Å². The van der Waals surface area contributed by atoms with E-state index >= 15 is 0 Å². The Morgan fingerprint density at radius 1 is 0.630 bits per heavy atom.